The second-order valence-electron chi connectivity index (χ2n) is 1.57. The highest BCUT2D eigenvalue weighted by Gasteiger charge is 1.85. The summed E-state index contributed by atoms with van der Waals surface area (Å²) in [7, 11) is 0. The van der Waals surface area contributed by atoms with E-state index in [-0.39, 0.29) is 6.17 Å². The first-order valence-electron chi connectivity index (χ1n) is 2.60. The molecule has 0 aromatic heterocycles. The lowest BCUT2D eigenvalue weighted by atomic mass is 10.4. The zero-order valence-corrected chi connectivity index (χ0v) is 4.94. The molecule has 7 heavy (non-hydrogen) atoms. The van der Waals surface area contributed by atoms with Gasteiger partial charge >= 0.3 is 0 Å². The van der Waals surface area contributed by atoms with Crippen molar-refractivity contribution in [2.24, 2.45) is 5.73 Å². The average Bonchev–Trinajstić information content (AvgIpc) is 1.61. The highest BCUT2D eigenvalue weighted by molar-refractivity contribution is 4.60. The third kappa shape index (κ3) is 5.92. The van der Waals surface area contributed by atoms with Gasteiger partial charge in [0.05, 0.1) is 6.17 Å². The minimum absolute atomic E-state index is 0.0972. The molecule has 0 saturated carbocycles. The molecule has 0 amide bonds. The van der Waals surface area contributed by atoms with Crippen molar-refractivity contribution in [2.45, 2.75) is 26.4 Å². The Hall–Kier alpha value is -0.0800. The molecule has 0 fully saturated rings. The van der Waals surface area contributed by atoms with Crippen LogP contribution in [0.3, 0.4) is 0 Å². The molecule has 0 saturated heterocycles. The molecule has 3 N–H and O–H groups in total. The minimum atomic E-state index is 0.0972. The Morgan fingerprint density at radius 2 is 2.43 bits per heavy atom. The smallest absolute Gasteiger partial charge is 0.0519 e. The lowest BCUT2D eigenvalue weighted by Crippen LogP contribution is -2.31. The van der Waals surface area contributed by atoms with Gasteiger partial charge in [-0.15, -0.1) is 0 Å². The minimum Gasteiger partial charge on any atom is -0.316 e. The van der Waals surface area contributed by atoms with Gasteiger partial charge in [0, 0.05) is 6.54 Å². The Bertz CT molecular complexity index is 35.1. The Balaban J connectivity index is 2.68. The van der Waals surface area contributed by atoms with Crippen LogP contribution < -0.4 is 11.1 Å². The van der Waals surface area contributed by atoms with E-state index in [2.05, 4.69) is 12.2 Å². The molecule has 0 rings (SSSR count). The van der Waals surface area contributed by atoms with Gasteiger partial charge in [0.15, 0.2) is 0 Å². The Kier molecular flexibility index (Phi) is 4.04. The van der Waals surface area contributed by atoms with Gasteiger partial charge in [-0.1, -0.05) is 6.92 Å². The van der Waals surface area contributed by atoms with Crippen molar-refractivity contribution in [1.29, 1.82) is 0 Å². The van der Waals surface area contributed by atoms with E-state index in [4.69, 9.17) is 5.73 Å². The molecule has 0 aromatic carbocycles. The Morgan fingerprint density at radius 3 is 2.57 bits per heavy atom. The first kappa shape index (κ1) is 6.92. The maximum absolute atomic E-state index is 5.34. The van der Waals surface area contributed by atoms with E-state index >= 15 is 0 Å². The fourth-order valence-corrected chi connectivity index (χ4v) is 0.304. The second kappa shape index (κ2) is 4.09. The highest BCUT2D eigenvalue weighted by Crippen LogP contribution is 1.77. The molecule has 1 radical (unpaired) electrons. The van der Waals surface area contributed by atoms with Gasteiger partial charge < -0.3 is 5.73 Å². The van der Waals surface area contributed by atoms with Crippen molar-refractivity contribution in [1.82, 2.24) is 5.32 Å². The quantitative estimate of drug-likeness (QED) is 0.507. The van der Waals surface area contributed by atoms with E-state index in [1.54, 1.807) is 0 Å². The third-order valence-electron chi connectivity index (χ3n) is 0.585. The summed E-state index contributed by atoms with van der Waals surface area (Å²) in [5, 5.41) is 2.95. The van der Waals surface area contributed by atoms with Gasteiger partial charge in [-0.3, -0.25) is 5.32 Å². The maximum atomic E-state index is 5.34. The van der Waals surface area contributed by atoms with Crippen LogP contribution in [0, 0.1) is 6.54 Å². The molecule has 0 aliphatic heterocycles. The van der Waals surface area contributed by atoms with Crippen LogP contribution in [0.5, 0.6) is 0 Å². The summed E-state index contributed by atoms with van der Waals surface area (Å²) < 4.78 is 0. The molecular formula is C5H13N2. The largest absolute Gasteiger partial charge is 0.316 e. The molecule has 0 aromatic rings. The lowest BCUT2D eigenvalue weighted by Gasteiger charge is -2.03. The lowest BCUT2D eigenvalue weighted by molar-refractivity contribution is 0.619. The number of nitrogens with one attached hydrogen (secondary N) is 1. The summed E-state index contributed by atoms with van der Waals surface area (Å²) >= 11 is 0. The predicted molar refractivity (Wildman–Crippen MR) is 31.4 cm³/mol. The number of hydrogen-bond donors (Lipinski definition) is 2. The summed E-state index contributed by atoms with van der Waals surface area (Å²) in [6.07, 6.45) is 1.13. The highest BCUT2D eigenvalue weighted by atomic mass is 15.0. The van der Waals surface area contributed by atoms with Crippen LogP contribution in [0.4, 0.5) is 0 Å². The summed E-state index contributed by atoms with van der Waals surface area (Å²) in [6.45, 7) is 5.92. The monoisotopic (exact) mass is 101 g/mol. The molecule has 0 aliphatic rings. The summed E-state index contributed by atoms with van der Waals surface area (Å²) in [5.41, 5.74) is 5.34. The molecule has 0 spiro atoms. The molecule has 1 unspecified atom stereocenters. The van der Waals surface area contributed by atoms with E-state index in [0.29, 0.717) is 0 Å². The first-order chi connectivity index (χ1) is 3.27. The fraction of sp³-hybridized carbons (Fsp3) is 0.800. The van der Waals surface area contributed by atoms with Crippen molar-refractivity contribution < 1.29 is 0 Å². The Labute approximate surface area is 45.1 Å². The van der Waals surface area contributed by atoms with Gasteiger partial charge in [0.1, 0.15) is 0 Å². The maximum Gasteiger partial charge on any atom is 0.0519 e. The van der Waals surface area contributed by atoms with Crippen LogP contribution in [0.15, 0.2) is 0 Å². The van der Waals surface area contributed by atoms with E-state index in [1.807, 2.05) is 13.5 Å². The third-order valence-corrected chi connectivity index (χ3v) is 0.585. The van der Waals surface area contributed by atoms with E-state index in [9.17, 15) is 0 Å². The average molecular weight is 101 g/mol. The van der Waals surface area contributed by atoms with Gasteiger partial charge in [-0.05, 0) is 13.3 Å². The van der Waals surface area contributed by atoms with Crippen LogP contribution in [0.25, 0.3) is 0 Å². The zero-order valence-electron chi connectivity index (χ0n) is 4.94. The van der Waals surface area contributed by atoms with E-state index < -0.39 is 0 Å². The predicted octanol–water partition coefficient (Wildman–Crippen LogP) is 0.452. The summed E-state index contributed by atoms with van der Waals surface area (Å²) in [5.74, 6) is 0. The molecule has 2 nitrogen and oxygen atoms in total. The second-order valence-corrected chi connectivity index (χ2v) is 1.57. The van der Waals surface area contributed by atoms with Gasteiger partial charge in [-0.25, -0.2) is 0 Å². The normalized spacial score (nSPS) is 14.1. The number of nitrogens with two attached hydrogens (primary N) is 1. The molecule has 1 atom stereocenters. The Morgan fingerprint density at radius 1 is 1.86 bits per heavy atom. The van der Waals surface area contributed by atoms with E-state index in [1.165, 1.54) is 0 Å². The van der Waals surface area contributed by atoms with Gasteiger partial charge in [0.25, 0.3) is 0 Å². The number of hydrogen-bond acceptors (Lipinski definition) is 2. The zero-order chi connectivity index (χ0) is 5.70. The topological polar surface area (TPSA) is 38.0 Å². The SMILES string of the molecule is CC[CH]NC(C)N. The van der Waals surface area contributed by atoms with Crippen LogP contribution in [0.2, 0.25) is 0 Å². The van der Waals surface area contributed by atoms with Crippen molar-refractivity contribution in [3.63, 3.8) is 0 Å². The molecule has 2 heteroatoms. The van der Waals surface area contributed by atoms with Crippen LogP contribution in [0.1, 0.15) is 20.3 Å². The fourth-order valence-electron chi connectivity index (χ4n) is 0.304. The molecule has 0 heterocycles. The van der Waals surface area contributed by atoms with E-state index in [0.717, 1.165) is 6.42 Å². The van der Waals surface area contributed by atoms with Gasteiger partial charge in [-0.2, -0.15) is 0 Å². The van der Waals surface area contributed by atoms with Crippen LogP contribution in [-0.2, 0) is 0 Å². The van der Waals surface area contributed by atoms with Gasteiger partial charge in [0.2, 0.25) is 0 Å². The molecule has 0 bridgehead atoms. The first-order valence-corrected chi connectivity index (χ1v) is 2.60. The van der Waals surface area contributed by atoms with Crippen molar-refractivity contribution >= 4 is 0 Å². The summed E-state index contributed by atoms with van der Waals surface area (Å²) in [4.78, 5) is 0. The van der Waals surface area contributed by atoms with Crippen LogP contribution in [-0.4, -0.2) is 6.17 Å². The van der Waals surface area contributed by atoms with Crippen LogP contribution >= 0.6 is 0 Å². The van der Waals surface area contributed by atoms with Crippen molar-refractivity contribution in [3.8, 4) is 0 Å². The standard InChI is InChI=1S/C5H13N2/c1-3-4-7-5(2)6/h4-5,7H,3,6H2,1-2H3. The molecular weight excluding hydrogens is 88.1 g/mol. The van der Waals surface area contributed by atoms with Crippen molar-refractivity contribution in [2.75, 3.05) is 0 Å². The molecule has 43 valence electrons. The number of rotatable bonds is 3. The molecule has 0 aliphatic carbocycles. The van der Waals surface area contributed by atoms with Crippen molar-refractivity contribution in [3.05, 3.63) is 6.54 Å². The summed E-state index contributed by atoms with van der Waals surface area (Å²) in [6, 6.07) is 0.